The number of hydrogen-bond acceptors (Lipinski definition) is 6. The summed E-state index contributed by atoms with van der Waals surface area (Å²) in [6, 6.07) is 14.6. The fraction of sp³-hybridized carbons (Fsp3) is 0.182. The first-order valence-corrected chi connectivity index (χ1v) is 9.87. The molecule has 0 saturated carbocycles. The van der Waals surface area contributed by atoms with Crippen molar-refractivity contribution in [3.63, 3.8) is 0 Å². The summed E-state index contributed by atoms with van der Waals surface area (Å²) in [7, 11) is 0. The molecule has 0 atom stereocenters. The van der Waals surface area contributed by atoms with Gasteiger partial charge in [0.05, 0.1) is 25.1 Å². The predicted octanol–water partition coefficient (Wildman–Crippen LogP) is 2.38. The molecule has 0 saturated heterocycles. The van der Waals surface area contributed by atoms with Crippen molar-refractivity contribution in [2.24, 2.45) is 0 Å². The van der Waals surface area contributed by atoms with Crippen LogP contribution in [0.1, 0.15) is 6.42 Å². The minimum absolute atomic E-state index is 0.174. The van der Waals surface area contributed by atoms with E-state index in [-0.39, 0.29) is 18.0 Å². The van der Waals surface area contributed by atoms with Crippen LogP contribution in [0.3, 0.4) is 0 Å². The SMILES string of the molecule is O=C(Cn1cnc2c(cnn2-c2ccccc2)c1=O)Nc1ccc2c(c1)OCCCO2. The maximum Gasteiger partial charge on any atom is 0.264 e. The Morgan fingerprint density at radius 3 is 2.71 bits per heavy atom. The Balaban J connectivity index is 1.36. The van der Waals surface area contributed by atoms with Crippen LogP contribution >= 0.6 is 0 Å². The molecule has 0 spiro atoms. The highest BCUT2D eigenvalue weighted by Crippen LogP contribution is 2.32. The molecular weight excluding hydrogens is 398 g/mol. The molecule has 1 amide bonds. The second-order valence-electron chi connectivity index (χ2n) is 7.07. The van der Waals surface area contributed by atoms with Gasteiger partial charge >= 0.3 is 0 Å². The molecule has 0 aliphatic carbocycles. The van der Waals surface area contributed by atoms with Crippen LogP contribution in [-0.4, -0.2) is 38.5 Å². The van der Waals surface area contributed by atoms with E-state index in [1.54, 1.807) is 22.9 Å². The van der Waals surface area contributed by atoms with Crippen LogP contribution in [0.25, 0.3) is 16.7 Å². The van der Waals surface area contributed by atoms with E-state index in [9.17, 15) is 9.59 Å². The molecule has 1 aliphatic rings. The number of benzene rings is 2. The number of nitrogens with zero attached hydrogens (tertiary/aromatic N) is 4. The molecule has 0 radical (unpaired) electrons. The van der Waals surface area contributed by atoms with Crippen molar-refractivity contribution in [3.8, 4) is 17.2 Å². The number of aromatic nitrogens is 4. The smallest absolute Gasteiger partial charge is 0.264 e. The molecule has 31 heavy (non-hydrogen) atoms. The van der Waals surface area contributed by atoms with E-state index in [2.05, 4.69) is 15.4 Å². The van der Waals surface area contributed by atoms with Gasteiger partial charge in [0.25, 0.3) is 5.56 Å². The van der Waals surface area contributed by atoms with Crippen LogP contribution in [0.15, 0.2) is 65.8 Å². The lowest BCUT2D eigenvalue weighted by atomic mass is 10.2. The standard InChI is InChI=1S/C22H19N5O4/c28-20(25-15-7-8-18-19(11-15)31-10-4-9-30-18)13-26-14-23-21-17(22(26)29)12-24-27(21)16-5-2-1-3-6-16/h1-3,5-8,11-12,14H,4,9-10,13H2,(H,25,28). The van der Waals surface area contributed by atoms with Gasteiger partial charge < -0.3 is 14.8 Å². The van der Waals surface area contributed by atoms with Crippen LogP contribution < -0.4 is 20.3 Å². The Bertz CT molecular complexity index is 1310. The van der Waals surface area contributed by atoms with E-state index in [1.807, 2.05) is 30.3 Å². The van der Waals surface area contributed by atoms with Crippen molar-refractivity contribution in [2.75, 3.05) is 18.5 Å². The molecule has 2 aromatic heterocycles. The zero-order chi connectivity index (χ0) is 21.2. The number of amides is 1. The first-order chi connectivity index (χ1) is 15.2. The number of fused-ring (bicyclic) bond motifs is 2. The van der Waals surface area contributed by atoms with E-state index < -0.39 is 0 Å². The number of hydrogen-bond donors (Lipinski definition) is 1. The van der Waals surface area contributed by atoms with Gasteiger partial charge in [0.2, 0.25) is 5.91 Å². The third-order valence-electron chi connectivity index (χ3n) is 4.90. The van der Waals surface area contributed by atoms with Gasteiger partial charge in [0.15, 0.2) is 17.1 Å². The number of nitrogens with one attached hydrogen (secondary N) is 1. The summed E-state index contributed by atoms with van der Waals surface area (Å²) >= 11 is 0. The summed E-state index contributed by atoms with van der Waals surface area (Å²) in [4.78, 5) is 29.7. The van der Waals surface area contributed by atoms with Gasteiger partial charge in [-0.25, -0.2) is 9.67 Å². The number of anilines is 1. The fourth-order valence-electron chi connectivity index (χ4n) is 3.42. The second-order valence-corrected chi connectivity index (χ2v) is 7.07. The third-order valence-corrected chi connectivity index (χ3v) is 4.90. The van der Waals surface area contributed by atoms with Gasteiger partial charge in [-0.05, 0) is 24.3 Å². The fourth-order valence-corrected chi connectivity index (χ4v) is 3.42. The van der Waals surface area contributed by atoms with Gasteiger partial charge in [0.1, 0.15) is 18.3 Å². The summed E-state index contributed by atoms with van der Waals surface area (Å²) in [6.45, 7) is 0.979. The molecule has 5 rings (SSSR count). The average Bonchev–Trinajstić information content (AvgIpc) is 3.08. The Kier molecular flexibility index (Phi) is 4.83. The molecule has 156 valence electrons. The van der Waals surface area contributed by atoms with Crippen LogP contribution in [0.4, 0.5) is 5.69 Å². The topological polar surface area (TPSA) is 100 Å². The van der Waals surface area contributed by atoms with E-state index in [1.165, 1.54) is 17.1 Å². The van der Waals surface area contributed by atoms with Crippen molar-refractivity contribution in [2.45, 2.75) is 13.0 Å². The number of carbonyl (C=O) groups is 1. The van der Waals surface area contributed by atoms with E-state index in [0.717, 1.165) is 12.1 Å². The van der Waals surface area contributed by atoms with E-state index in [0.29, 0.717) is 41.4 Å². The quantitative estimate of drug-likeness (QED) is 0.547. The van der Waals surface area contributed by atoms with Crippen molar-refractivity contribution in [1.82, 2.24) is 19.3 Å². The zero-order valence-corrected chi connectivity index (χ0v) is 16.5. The first-order valence-electron chi connectivity index (χ1n) is 9.87. The van der Waals surface area contributed by atoms with E-state index >= 15 is 0 Å². The van der Waals surface area contributed by atoms with Crippen molar-refractivity contribution in [3.05, 3.63) is 71.4 Å². The molecule has 3 heterocycles. The second kappa shape index (κ2) is 7.94. The lowest BCUT2D eigenvalue weighted by Gasteiger charge is -2.11. The van der Waals surface area contributed by atoms with Gasteiger partial charge in [0, 0.05) is 18.2 Å². The van der Waals surface area contributed by atoms with Crippen LogP contribution in [0, 0.1) is 0 Å². The molecule has 9 nitrogen and oxygen atoms in total. The highest BCUT2D eigenvalue weighted by atomic mass is 16.5. The van der Waals surface area contributed by atoms with Crippen LogP contribution in [0.2, 0.25) is 0 Å². The zero-order valence-electron chi connectivity index (χ0n) is 16.5. The Labute approximate surface area is 176 Å². The van der Waals surface area contributed by atoms with Crippen molar-refractivity contribution in [1.29, 1.82) is 0 Å². The third kappa shape index (κ3) is 3.73. The summed E-state index contributed by atoms with van der Waals surface area (Å²) in [6.07, 6.45) is 3.63. The van der Waals surface area contributed by atoms with Gasteiger partial charge in [-0.15, -0.1) is 0 Å². The first kappa shape index (κ1) is 18.9. The number of para-hydroxylation sites is 1. The summed E-state index contributed by atoms with van der Waals surface area (Å²) in [5, 5.41) is 7.40. The van der Waals surface area contributed by atoms with Crippen LogP contribution in [-0.2, 0) is 11.3 Å². The summed E-state index contributed by atoms with van der Waals surface area (Å²) in [5.41, 5.74) is 1.47. The number of ether oxygens (including phenoxy) is 2. The summed E-state index contributed by atoms with van der Waals surface area (Å²) in [5.74, 6) is 0.883. The molecular formula is C22H19N5O4. The maximum absolute atomic E-state index is 12.8. The molecule has 0 bridgehead atoms. The number of rotatable bonds is 4. The Hall–Kier alpha value is -4.14. The molecule has 0 unspecified atom stereocenters. The highest BCUT2D eigenvalue weighted by molar-refractivity contribution is 5.91. The molecule has 4 aromatic rings. The Morgan fingerprint density at radius 2 is 1.87 bits per heavy atom. The lowest BCUT2D eigenvalue weighted by Crippen LogP contribution is -2.27. The van der Waals surface area contributed by atoms with Gasteiger partial charge in [-0.1, -0.05) is 18.2 Å². The summed E-state index contributed by atoms with van der Waals surface area (Å²) < 4.78 is 14.1. The average molecular weight is 417 g/mol. The van der Waals surface area contributed by atoms with Crippen molar-refractivity contribution < 1.29 is 14.3 Å². The maximum atomic E-state index is 12.8. The lowest BCUT2D eigenvalue weighted by molar-refractivity contribution is -0.116. The van der Waals surface area contributed by atoms with Gasteiger partial charge in [-0.2, -0.15) is 5.10 Å². The van der Waals surface area contributed by atoms with E-state index in [4.69, 9.17) is 9.47 Å². The van der Waals surface area contributed by atoms with Crippen molar-refractivity contribution >= 4 is 22.6 Å². The molecule has 0 fully saturated rings. The predicted molar refractivity (Wildman–Crippen MR) is 114 cm³/mol. The minimum atomic E-state index is -0.354. The molecule has 1 N–H and O–H groups in total. The van der Waals surface area contributed by atoms with Gasteiger partial charge in [-0.3, -0.25) is 14.2 Å². The number of carbonyl (C=O) groups excluding carboxylic acids is 1. The molecule has 9 heteroatoms. The monoisotopic (exact) mass is 417 g/mol. The van der Waals surface area contributed by atoms with Crippen LogP contribution in [0.5, 0.6) is 11.5 Å². The molecule has 1 aliphatic heterocycles. The minimum Gasteiger partial charge on any atom is -0.490 e. The largest absolute Gasteiger partial charge is 0.490 e. The highest BCUT2D eigenvalue weighted by Gasteiger charge is 2.15. The normalized spacial score (nSPS) is 13.0. The molecule has 2 aromatic carbocycles. The Morgan fingerprint density at radius 1 is 1.06 bits per heavy atom.